The molecule has 4 heteroatoms. The fraction of sp³-hybridized carbons (Fsp3) is 0.222. The molecule has 0 saturated heterocycles. The van der Waals surface area contributed by atoms with Crippen molar-refractivity contribution in [1.82, 2.24) is 4.98 Å². The second-order valence-electron chi connectivity index (χ2n) is 5.57. The molecule has 0 amide bonds. The summed E-state index contributed by atoms with van der Waals surface area (Å²) in [6, 6.07) is 14.5. The summed E-state index contributed by atoms with van der Waals surface area (Å²) < 4.78 is 0. The summed E-state index contributed by atoms with van der Waals surface area (Å²) in [5.41, 5.74) is 2.90. The molecule has 0 aliphatic heterocycles. The minimum Gasteiger partial charge on any atom is -0.508 e. The number of fused-ring (bicyclic) bond motifs is 1. The number of phenolic OH excluding ortho intramolecular Hbond substituents is 1. The van der Waals surface area contributed by atoms with E-state index in [1.807, 2.05) is 30.5 Å². The first kappa shape index (κ1) is 14.6. The van der Waals surface area contributed by atoms with Gasteiger partial charge in [-0.25, -0.2) is 0 Å². The maximum Gasteiger partial charge on any atom is 0.115 e. The highest BCUT2D eigenvalue weighted by Crippen LogP contribution is 2.20. The molecule has 0 spiro atoms. The van der Waals surface area contributed by atoms with Gasteiger partial charge in [0.05, 0.1) is 12.2 Å². The van der Waals surface area contributed by atoms with Gasteiger partial charge in [-0.05, 0) is 29.3 Å². The molecule has 0 bridgehead atoms. The number of para-hydroxylation sites is 1. The summed E-state index contributed by atoms with van der Waals surface area (Å²) in [6.07, 6.45) is 0.931. The Morgan fingerprint density at radius 2 is 1.55 bits per heavy atom. The standard InChI is InChI=1S/C18H19NO3/c20-14-7-5-12(6-8-14)9-17(21)18(22)10-13-11-19-16-4-2-1-3-15(13)16/h1-8,11,17-22H,9-10H2/t17-,18+/m1/s1. The third-order valence-electron chi connectivity index (χ3n) is 3.93. The first-order valence-electron chi connectivity index (χ1n) is 7.32. The first-order chi connectivity index (χ1) is 10.6. The molecule has 3 rings (SSSR count). The number of aromatic amines is 1. The second kappa shape index (κ2) is 6.22. The van der Waals surface area contributed by atoms with E-state index in [-0.39, 0.29) is 5.75 Å². The number of benzene rings is 2. The summed E-state index contributed by atoms with van der Waals surface area (Å²) in [5, 5.41) is 30.8. The Hall–Kier alpha value is -2.30. The van der Waals surface area contributed by atoms with Crippen molar-refractivity contribution < 1.29 is 15.3 Å². The number of aliphatic hydroxyl groups is 2. The number of phenols is 1. The van der Waals surface area contributed by atoms with Gasteiger partial charge in [0.1, 0.15) is 5.75 Å². The Kier molecular flexibility index (Phi) is 4.13. The van der Waals surface area contributed by atoms with Gasteiger partial charge >= 0.3 is 0 Å². The largest absolute Gasteiger partial charge is 0.508 e. The average Bonchev–Trinajstić information content (AvgIpc) is 2.93. The van der Waals surface area contributed by atoms with Crippen molar-refractivity contribution in [2.45, 2.75) is 25.0 Å². The highest BCUT2D eigenvalue weighted by Gasteiger charge is 2.18. The molecule has 0 saturated carbocycles. The van der Waals surface area contributed by atoms with E-state index in [0.717, 1.165) is 22.0 Å². The van der Waals surface area contributed by atoms with Gasteiger partial charge in [0.15, 0.2) is 0 Å². The van der Waals surface area contributed by atoms with Crippen LogP contribution < -0.4 is 0 Å². The van der Waals surface area contributed by atoms with Crippen molar-refractivity contribution in [3.05, 3.63) is 65.9 Å². The van der Waals surface area contributed by atoms with E-state index >= 15 is 0 Å². The maximum atomic E-state index is 10.3. The molecule has 0 unspecified atom stereocenters. The van der Waals surface area contributed by atoms with E-state index in [9.17, 15) is 15.3 Å². The molecule has 2 aromatic carbocycles. The third kappa shape index (κ3) is 3.13. The quantitative estimate of drug-likeness (QED) is 0.584. The topological polar surface area (TPSA) is 76.5 Å². The van der Waals surface area contributed by atoms with Crippen LogP contribution in [0.25, 0.3) is 10.9 Å². The first-order valence-corrected chi connectivity index (χ1v) is 7.32. The van der Waals surface area contributed by atoms with Crippen LogP contribution >= 0.6 is 0 Å². The van der Waals surface area contributed by atoms with Gasteiger partial charge in [0, 0.05) is 29.9 Å². The van der Waals surface area contributed by atoms with Gasteiger partial charge in [0.2, 0.25) is 0 Å². The third-order valence-corrected chi connectivity index (χ3v) is 3.93. The Bertz CT molecular complexity index is 748. The predicted octanol–water partition coefficient (Wildman–Crippen LogP) is 2.38. The van der Waals surface area contributed by atoms with Crippen LogP contribution in [0.3, 0.4) is 0 Å². The Balaban J connectivity index is 1.68. The van der Waals surface area contributed by atoms with Crippen LogP contribution in [-0.4, -0.2) is 32.5 Å². The van der Waals surface area contributed by atoms with Gasteiger partial charge < -0.3 is 20.3 Å². The van der Waals surface area contributed by atoms with Crippen LogP contribution in [0.1, 0.15) is 11.1 Å². The number of nitrogens with one attached hydrogen (secondary N) is 1. The molecule has 4 nitrogen and oxygen atoms in total. The van der Waals surface area contributed by atoms with E-state index in [0.29, 0.717) is 12.8 Å². The predicted molar refractivity (Wildman–Crippen MR) is 85.8 cm³/mol. The molecule has 1 aromatic heterocycles. The van der Waals surface area contributed by atoms with Crippen molar-refractivity contribution in [3.63, 3.8) is 0 Å². The van der Waals surface area contributed by atoms with Crippen molar-refractivity contribution in [1.29, 1.82) is 0 Å². The molecule has 0 fully saturated rings. The monoisotopic (exact) mass is 297 g/mol. The number of aromatic hydroxyl groups is 1. The minimum absolute atomic E-state index is 0.192. The molecular weight excluding hydrogens is 278 g/mol. The lowest BCUT2D eigenvalue weighted by Crippen LogP contribution is -2.29. The lowest BCUT2D eigenvalue weighted by molar-refractivity contribution is 0.0208. The van der Waals surface area contributed by atoms with Crippen LogP contribution in [0, 0.1) is 0 Å². The Labute approximate surface area is 128 Å². The SMILES string of the molecule is Oc1ccc(C[C@@H](O)[C@@H](O)Cc2c[nH]c3ccccc23)cc1. The van der Waals surface area contributed by atoms with Gasteiger partial charge in [-0.1, -0.05) is 30.3 Å². The van der Waals surface area contributed by atoms with E-state index < -0.39 is 12.2 Å². The molecule has 0 aliphatic carbocycles. The Morgan fingerprint density at radius 1 is 0.864 bits per heavy atom. The number of H-pyrrole nitrogens is 1. The molecule has 3 aromatic rings. The van der Waals surface area contributed by atoms with E-state index in [4.69, 9.17) is 0 Å². The van der Waals surface area contributed by atoms with Crippen LogP contribution in [0.15, 0.2) is 54.7 Å². The highest BCUT2D eigenvalue weighted by atomic mass is 16.3. The number of hydrogen-bond acceptors (Lipinski definition) is 3. The summed E-state index contributed by atoms with van der Waals surface area (Å²) >= 11 is 0. The summed E-state index contributed by atoms with van der Waals surface area (Å²) in [5.74, 6) is 0.192. The van der Waals surface area contributed by atoms with Crippen LogP contribution in [-0.2, 0) is 12.8 Å². The molecule has 2 atom stereocenters. The van der Waals surface area contributed by atoms with Gasteiger partial charge in [-0.3, -0.25) is 0 Å². The van der Waals surface area contributed by atoms with Crippen molar-refractivity contribution in [2.75, 3.05) is 0 Å². The van der Waals surface area contributed by atoms with Crippen LogP contribution in [0.5, 0.6) is 5.75 Å². The smallest absolute Gasteiger partial charge is 0.115 e. The van der Waals surface area contributed by atoms with Crippen molar-refractivity contribution >= 4 is 10.9 Å². The fourth-order valence-electron chi connectivity index (χ4n) is 2.67. The summed E-state index contributed by atoms with van der Waals surface area (Å²) in [6.45, 7) is 0. The van der Waals surface area contributed by atoms with Gasteiger partial charge in [-0.2, -0.15) is 0 Å². The molecule has 4 N–H and O–H groups in total. The van der Waals surface area contributed by atoms with E-state index in [1.165, 1.54) is 0 Å². The molecule has 0 radical (unpaired) electrons. The zero-order chi connectivity index (χ0) is 15.5. The molecular formula is C18H19NO3. The molecule has 1 heterocycles. The number of rotatable bonds is 5. The van der Waals surface area contributed by atoms with Gasteiger partial charge in [0.25, 0.3) is 0 Å². The van der Waals surface area contributed by atoms with E-state index in [1.54, 1.807) is 24.3 Å². The summed E-state index contributed by atoms with van der Waals surface area (Å²) in [7, 11) is 0. The van der Waals surface area contributed by atoms with Crippen molar-refractivity contribution in [3.8, 4) is 5.75 Å². The average molecular weight is 297 g/mol. The zero-order valence-electron chi connectivity index (χ0n) is 12.1. The molecule has 22 heavy (non-hydrogen) atoms. The van der Waals surface area contributed by atoms with E-state index in [2.05, 4.69) is 4.98 Å². The fourth-order valence-corrected chi connectivity index (χ4v) is 2.67. The minimum atomic E-state index is -0.849. The summed E-state index contributed by atoms with van der Waals surface area (Å²) in [4.78, 5) is 3.17. The normalized spacial score (nSPS) is 14.1. The van der Waals surface area contributed by atoms with Crippen LogP contribution in [0.4, 0.5) is 0 Å². The molecule has 114 valence electrons. The second-order valence-corrected chi connectivity index (χ2v) is 5.57. The maximum absolute atomic E-state index is 10.3. The number of hydrogen-bond donors (Lipinski definition) is 4. The number of aromatic nitrogens is 1. The molecule has 0 aliphatic rings. The van der Waals surface area contributed by atoms with Gasteiger partial charge in [-0.15, -0.1) is 0 Å². The lowest BCUT2D eigenvalue weighted by atomic mass is 9.98. The Morgan fingerprint density at radius 3 is 2.32 bits per heavy atom. The zero-order valence-corrected chi connectivity index (χ0v) is 12.1. The number of aliphatic hydroxyl groups excluding tert-OH is 2. The highest BCUT2D eigenvalue weighted by molar-refractivity contribution is 5.83. The lowest BCUT2D eigenvalue weighted by Gasteiger charge is -2.17. The van der Waals surface area contributed by atoms with Crippen molar-refractivity contribution in [2.24, 2.45) is 0 Å². The van der Waals surface area contributed by atoms with Crippen LogP contribution in [0.2, 0.25) is 0 Å².